The van der Waals surface area contributed by atoms with Gasteiger partial charge in [0.25, 0.3) is 0 Å². The van der Waals surface area contributed by atoms with Crippen LogP contribution in [0.2, 0.25) is 0 Å². The Balaban J connectivity index is 2.49. The topological polar surface area (TPSA) is 20.3 Å². The normalized spacial score (nSPS) is 24.9. The molecule has 15 heavy (non-hydrogen) atoms. The SMILES string of the molecule is CC(=O)N1c2ccccc2CC(C)[C@@H]1F. The van der Waals surface area contributed by atoms with Crippen molar-refractivity contribution in [2.45, 2.75) is 26.6 Å². The lowest BCUT2D eigenvalue weighted by atomic mass is 9.93. The van der Waals surface area contributed by atoms with E-state index in [0.717, 1.165) is 11.3 Å². The van der Waals surface area contributed by atoms with Crippen LogP contribution < -0.4 is 4.90 Å². The van der Waals surface area contributed by atoms with E-state index in [-0.39, 0.29) is 11.8 Å². The summed E-state index contributed by atoms with van der Waals surface area (Å²) in [6.07, 6.45) is -0.501. The zero-order valence-electron chi connectivity index (χ0n) is 8.90. The number of para-hydroxylation sites is 1. The fourth-order valence-electron chi connectivity index (χ4n) is 2.09. The molecule has 2 nitrogen and oxygen atoms in total. The van der Waals surface area contributed by atoms with Gasteiger partial charge in [0.1, 0.15) is 0 Å². The summed E-state index contributed by atoms with van der Waals surface area (Å²) in [5, 5.41) is 0. The summed E-state index contributed by atoms with van der Waals surface area (Å²) in [6.45, 7) is 3.23. The lowest BCUT2D eigenvalue weighted by Gasteiger charge is -2.35. The fourth-order valence-corrected chi connectivity index (χ4v) is 2.09. The van der Waals surface area contributed by atoms with Gasteiger partial charge in [-0.15, -0.1) is 0 Å². The van der Waals surface area contributed by atoms with E-state index in [2.05, 4.69) is 0 Å². The van der Waals surface area contributed by atoms with Crippen LogP contribution in [0.15, 0.2) is 24.3 Å². The first kappa shape index (κ1) is 10.1. The summed E-state index contributed by atoms with van der Waals surface area (Å²) in [5.41, 5.74) is 1.77. The van der Waals surface area contributed by atoms with Gasteiger partial charge >= 0.3 is 0 Å². The van der Waals surface area contributed by atoms with Crippen molar-refractivity contribution in [2.75, 3.05) is 4.90 Å². The van der Waals surface area contributed by atoms with Crippen LogP contribution in [0.3, 0.4) is 0 Å². The summed E-state index contributed by atoms with van der Waals surface area (Å²) in [7, 11) is 0. The molecule has 1 aromatic carbocycles. The molecule has 1 amide bonds. The molecule has 3 heteroatoms. The molecule has 0 N–H and O–H groups in total. The van der Waals surface area contributed by atoms with Crippen molar-refractivity contribution < 1.29 is 9.18 Å². The van der Waals surface area contributed by atoms with Crippen LogP contribution in [-0.4, -0.2) is 12.2 Å². The molecule has 1 aromatic rings. The van der Waals surface area contributed by atoms with Crippen LogP contribution in [-0.2, 0) is 11.2 Å². The number of anilines is 1. The predicted molar refractivity (Wildman–Crippen MR) is 57.4 cm³/mol. The largest absolute Gasteiger partial charge is 0.281 e. The van der Waals surface area contributed by atoms with Crippen LogP contribution in [0.25, 0.3) is 0 Å². The quantitative estimate of drug-likeness (QED) is 0.599. The van der Waals surface area contributed by atoms with E-state index >= 15 is 0 Å². The van der Waals surface area contributed by atoms with Crippen molar-refractivity contribution in [2.24, 2.45) is 5.92 Å². The fraction of sp³-hybridized carbons (Fsp3) is 0.417. The molecule has 2 rings (SSSR count). The number of halogens is 1. The van der Waals surface area contributed by atoms with Crippen molar-refractivity contribution in [3.05, 3.63) is 29.8 Å². The van der Waals surface area contributed by atoms with E-state index in [4.69, 9.17) is 0 Å². The Morgan fingerprint density at radius 2 is 2.13 bits per heavy atom. The maximum atomic E-state index is 13.9. The summed E-state index contributed by atoms with van der Waals surface area (Å²) >= 11 is 0. The Morgan fingerprint density at radius 1 is 1.47 bits per heavy atom. The number of benzene rings is 1. The molecule has 80 valence electrons. The van der Waals surface area contributed by atoms with Crippen molar-refractivity contribution in [3.63, 3.8) is 0 Å². The van der Waals surface area contributed by atoms with Gasteiger partial charge in [0, 0.05) is 18.5 Å². The molecule has 2 atom stereocenters. The van der Waals surface area contributed by atoms with Gasteiger partial charge in [-0.05, 0) is 18.1 Å². The van der Waals surface area contributed by atoms with Gasteiger partial charge in [0.15, 0.2) is 6.30 Å². The molecule has 0 bridgehead atoms. The van der Waals surface area contributed by atoms with Crippen LogP contribution in [0.4, 0.5) is 10.1 Å². The van der Waals surface area contributed by atoms with Crippen molar-refractivity contribution in [1.82, 2.24) is 0 Å². The van der Waals surface area contributed by atoms with Gasteiger partial charge in [0.05, 0.1) is 0 Å². The highest BCUT2D eigenvalue weighted by atomic mass is 19.1. The maximum Gasteiger partial charge on any atom is 0.226 e. The number of rotatable bonds is 0. The lowest BCUT2D eigenvalue weighted by Crippen LogP contribution is -2.44. The Kier molecular flexibility index (Phi) is 2.47. The number of carbonyl (C=O) groups excluding carboxylic acids is 1. The molecule has 0 spiro atoms. The molecule has 0 aromatic heterocycles. The Hall–Kier alpha value is -1.38. The first-order chi connectivity index (χ1) is 7.11. The molecule has 0 aliphatic carbocycles. The Morgan fingerprint density at radius 3 is 2.80 bits per heavy atom. The number of amides is 1. The average molecular weight is 207 g/mol. The molecule has 0 saturated carbocycles. The van der Waals surface area contributed by atoms with Crippen molar-refractivity contribution >= 4 is 11.6 Å². The number of nitrogens with zero attached hydrogens (tertiary/aromatic N) is 1. The number of hydrogen-bond donors (Lipinski definition) is 0. The number of alkyl halides is 1. The standard InChI is InChI=1S/C12H14FNO/c1-8-7-10-5-3-4-6-11(10)14(9(2)15)12(8)13/h3-6,8,12H,7H2,1-2H3/t8?,12-/m1/s1. The summed E-state index contributed by atoms with van der Waals surface area (Å²) in [6, 6.07) is 7.50. The average Bonchev–Trinajstić information content (AvgIpc) is 2.19. The molecule has 1 aliphatic heterocycles. The first-order valence-corrected chi connectivity index (χ1v) is 5.13. The van der Waals surface area contributed by atoms with Crippen LogP contribution in [0.1, 0.15) is 19.4 Å². The second-order valence-electron chi connectivity index (χ2n) is 4.07. The van der Waals surface area contributed by atoms with Crippen LogP contribution in [0.5, 0.6) is 0 Å². The van der Waals surface area contributed by atoms with Gasteiger partial charge < -0.3 is 0 Å². The third kappa shape index (κ3) is 1.62. The maximum absolute atomic E-state index is 13.9. The molecule has 1 aliphatic rings. The second-order valence-corrected chi connectivity index (χ2v) is 4.07. The highest BCUT2D eigenvalue weighted by Crippen LogP contribution is 2.34. The van der Waals surface area contributed by atoms with E-state index < -0.39 is 6.30 Å². The lowest BCUT2D eigenvalue weighted by molar-refractivity contribution is -0.118. The van der Waals surface area contributed by atoms with Gasteiger partial charge in [-0.2, -0.15) is 0 Å². The molecular formula is C12H14FNO. The molecule has 1 unspecified atom stereocenters. The number of fused-ring (bicyclic) bond motifs is 1. The first-order valence-electron chi connectivity index (χ1n) is 5.13. The molecule has 0 saturated heterocycles. The minimum absolute atomic E-state index is 0.135. The molecular weight excluding hydrogens is 193 g/mol. The van der Waals surface area contributed by atoms with Gasteiger partial charge in [-0.25, -0.2) is 4.39 Å². The summed E-state index contributed by atoms with van der Waals surface area (Å²) in [4.78, 5) is 12.7. The minimum atomic E-state index is -1.20. The minimum Gasteiger partial charge on any atom is -0.281 e. The monoisotopic (exact) mass is 207 g/mol. The third-order valence-corrected chi connectivity index (χ3v) is 2.85. The van der Waals surface area contributed by atoms with E-state index in [9.17, 15) is 9.18 Å². The van der Waals surface area contributed by atoms with Gasteiger partial charge in [-0.3, -0.25) is 9.69 Å². The number of hydrogen-bond acceptors (Lipinski definition) is 1. The Bertz CT molecular complexity index is 391. The van der Waals surface area contributed by atoms with Gasteiger partial charge in [-0.1, -0.05) is 25.1 Å². The van der Waals surface area contributed by atoms with E-state index in [1.807, 2.05) is 25.1 Å². The summed E-state index contributed by atoms with van der Waals surface area (Å²) < 4.78 is 13.9. The number of carbonyl (C=O) groups is 1. The zero-order valence-corrected chi connectivity index (χ0v) is 8.90. The molecule has 0 fully saturated rings. The van der Waals surface area contributed by atoms with E-state index in [0.29, 0.717) is 6.42 Å². The highest BCUT2D eigenvalue weighted by Gasteiger charge is 2.33. The van der Waals surface area contributed by atoms with E-state index in [1.165, 1.54) is 11.8 Å². The van der Waals surface area contributed by atoms with Crippen molar-refractivity contribution in [3.8, 4) is 0 Å². The van der Waals surface area contributed by atoms with E-state index in [1.54, 1.807) is 6.07 Å². The van der Waals surface area contributed by atoms with Crippen molar-refractivity contribution in [1.29, 1.82) is 0 Å². The second kappa shape index (κ2) is 3.65. The Labute approximate surface area is 88.7 Å². The highest BCUT2D eigenvalue weighted by molar-refractivity contribution is 5.93. The molecule has 0 radical (unpaired) electrons. The van der Waals surface area contributed by atoms with Gasteiger partial charge in [0.2, 0.25) is 5.91 Å². The predicted octanol–water partition coefficient (Wildman–Crippen LogP) is 2.53. The summed E-state index contributed by atoms with van der Waals surface area (Å²) in [5.74, 6) is -0.370. The van der Waals surface area contributed by atoms with Crippen LogP contribution >= 0.6 is 0 Å². The molecule has 1 heterocycles. The smallest absolute Gasteiger partial charge is 0.226 e. The third-order valence-electron chi connectivity index (χ3n) is 2.85. The van der Waals surface area contributed by atoms with Crippen LogP contribution in [0, 0.1) is 5.92 Å². The zero-order chi connectivity index (χ0) is 11.0.